The molecule has 3 aliphatic rings. The Bertz CT molecular complexity index is 1130. The van der Waals surface area contributed by atoms with Crippen LogP contribution in [0.4, 0.5) is 5.69 Å². The highest BCUT2D eigenvalue weighted by atomic mass is 35.5. The number of ether oxygens (including phenoxy) is 1. The molecular weight excluding hydrogens is 442 g/mol. The van der Waals surface area contributed by atoms with Gasteiger partial charge >= 0.3 is 5.97 Å². The Morgan fingerprint density at radius 3 is 2.52 bits per heavy atom. The summed E-state index contributed by atoms with van der Waals surface area (Å²) in [5, 5.41) is 0.398. The Kier molecular flexibility index (Phi) is 5.52. The van der Waals surface area contributed by atoms with Gasteiger partial charge in [0.1, 0.15) is 0 Å². The van der Waals surface area contributed by atoms with Crippen molar-refractivity contribution in [3.63, 3.8) is 0 Å². The molecule has 2 amide bonds. The van der Waals surface area contributed by atoms with Gasteiger partial charge in [-0.3, -0.25) is 9.59 Å². The monoisotopic (exact) mass is 467 g/mol. The zero-order valence-electron chi connectivity index (χ0n) is 18.6. The Balaban J connectivity index is 1.29. The molecule has 172 valence electrons. The Labute approximate surface area is 197 Å². The third kappa shape index (κ3) is 3.74. The standard InChI is InChI=1S/C25H26ClN3O4/c1-2-22(30)28-13-11-27(12-14-28)17-7-8-19(21(26)15-17)23(31)29-10-9-25(16-29)20-6-4-3-5-18(20)24(32)33-25/h3-8,15H,2,9-14,16H2,1H3/t25-/m0/s1. The first-order chi connectivity index (χ1) is 15.9. The second kappa shape index (κ2) is 8.37. The second-order valence-electron chi connectivity index (χ2n) is 8.79. The highest BCUT2D eigenvalue weighted by Crippen LogP contribution is 2.43. The largest absolute Gasteiger partial charge is 0.449 e. The number of anilines is 1. The van der Waals surface area contributed by atoms with Gasteiger partial charge in [0, 0.05) is 56.8 Å². The summed E-state index contributed by atoms with van der Waals surface area (Å²) in [7, 11) is 0. The van der Waals surface area contributed by atoms with Crippen LogP contribution >= 0.6 is 11.6 Å². The van der Waals surface area contributed by atoms with Crippen LogP contribution in [0, 0.1) is 0 Å². The number of piperazine rings is 1. The molecule has 0 N–H and O–H groups in total. The summed E-state index contributed by atoms with van der Waals surface area (Å²) in [5.74, 6) is -0.321. The Morgan fingerprint density at radius 1 is 1.03 bits per heavy atom. The summed E-state index contributed by atoms with van der Waals surface area (Å²) in [6, 6.07) is 12.9. The van der Waals surface area contributed by atoms with Crippen LogP contribution in [0.1, 0.15) is 46.0 Å². The fourth-order valence-corrected chi connectivity index (χ4v) is 5.34. The van der Waals surface area contributed by atoms with E-state index in [0.29, 0.717) is 55.2 Å². The van der Waals surface area contributed by atoms with Crippen LogP contribution in [-0.4, -0.2) is 66.9 Å². The van der Waals surface area contributed by atoms with Gasteiger partial charge in [0.25, 0.3) is 5.91 Å². The number of nitrogens with zero attached hydrogens (tertiary/aromatic N) is 3. The molecule has 2 aromatic carbocycles. The number of amides is 2. The molecule has 0 saturated carbocycles. The predicted molar refractivity (Wildman–Crippen MR) is 125 cm³/mol. The van der Waals surface area contributed by atoms with Crippen LogP contribution < -0.4 is 4.90 Å². The third-order valence-corrected chi connectivity index (χ3v) is 7.24. The zero-order chi connectivity index (χ0) is 23.2. The number of carbonyl (C=O) groups is 3. The Hall–Kier alpha value is -3.06. The molecule has 33 heavy (non-hydrogen) atoms. The second-order valence-corrected chi connectivity index (χ2v) is 9.20. The smallest absolute Gasteiger partial charge is 0.339 e. The van der Waals surface area contributed by atoms with E-state index in [1.165, 1.54) is 0 Å². The van der Waals surface area contributed by atoms with Gasteiger partial charge in [0.05, 0.1) is 22.7 Å². The van der Waals surface area contributed by atoms with Crippen molar-refractivity contribution in [1.29, 1.82) is 0 Å². The number of rotatable bonds is 3. The SMILES string of the molecule is CCC(=O)N1CCN(c2ccc(C(=O)N3CC[C@@]4(C3)OC(=O)c3ccccc34)c(Cl)c2)CC1. The van der Waals surface area contributed by atoms with Crippen LogP contribution in [0.3, 0.4) is 0 Å². The molecule has 5 rings (SSSR count). The van der Waals surface area contributed by atoms with E-state index in [1.807, 2.05) is 42.2 Å². The summed E-state index contributed by atoms with van der Waals surface area (Å²) in [6.07, 6.45) is 1.09. The molecule has 3 aliphatic heterocycles. The molecule has 2 aromatic rings. The van der Waals surface area contributed by atoms with E-state index >= 15 is 0 Å². The Morgan fingerprint density at radius 2 is 1.79 bits per heavy atom. The van der Waals surface area contributed by atoms with Crippen LogP contribution in [0.2, 0.25) is 5.02 Å². The molecule has 1 atom stereocenters. The van der Waals surface area contributed by atoms with E-state index in [1.54, 1.807) is 17.0 Å². The van der Waals surface area contributed by atoms with Crippen molar-refractivity contribution in [2.24, 2.45) is 0 Å². The number of fused-ring (bicyclic) bond motifs is 2. The van der Waals surface area contributed by atoms with Gasteiger partial charge in [-0.1, -0.05) is 36.7 Å². The minimum atomic E-state index is -0.772. The lowest BCUT2D eigenvalue weighted by Crippen LogP contribution is -2.48. The van der Waals surface area contributed by atoms with Crippen molar-refractivity contribution in [2.45, 2.75) is 25.4 Å². The molecule has 1 spiro atoms. The number of esters is 1. The van der Waals surface area contributed by atoms with Gasteiger partial charge in [-0.05, 0) is 24.3 Å². The van der Waals surface area contributed by atoms with Crippen molar-refractivity contribution in [1.82, 2.24) is 9.80 Å². The number of hydrogen-bond acceptors (Lipinski definition) is 5. The van der Waals surface area contributed by atoms with Crippen molar-refractivity contribution in [3.8, 4) is 0 Å². The summed E-state index contributed by atoms with van der Waals surface area (Å²) >= 11 is 6.55. The fraction of sp³-hybridized carbons (Fsp3) is 0.400. The van der Waals surface area contributed by atoms with Gasteiger partial charge in [-0.2, -0.15) is 0 Å². The first kappa shape index (κ1) is 21.8. The molecule has 0 bridgehead atoms. The fourth-order valence-electron chi connectivity index (χ4n) is 5.09. The molecular formula is C25H26ClN3O4. The van der Waals surface area contributed by atoms with E-state index in [2.05, 4.69) is 4.90 Å². The van der Waals surface area contributed by atoms with Gasteiger partial charge in [0.2, 0.25) is 5.91 Å². The van der Waals surface area contributed by atoms with E-state index < -0.39 is 5.60 Å². The van der Waals surface area contributed by atoms with E-state index in [9.17, 15) is 14.4 Å². The van der Waals surface area contributed by atoms with Crippen molar-refractivity contribution < 1.29 is 19.1 Å². The average Bonchev–Trinajstić information content (AvgIpc) is 3.39. The van der Waals surface area contributed by atoms with Gasteiger partial charge < -0.3 is 19.4 Å². The summed E-state index contributed by atoms with van der Waals surface area (Å²) in [6.45, 7) is 5.51. The molecule has 7 nitrogen and oxygen atoms in total. The lowest BCUT2D eigenvalue weighted by Gasteiger charge is -2.36. The minimum Gasteiger partial charge on any atom is -0.449 e. The number of carbonyl (C=O) groups excluding carboxylic acids is 3. The van der Waals surface area contributed by atoms with Crippen LogP contribution in [-0.2, 0) is 15.1 Å². The maximum absolute atomic E-state index is 13.3. The molecule has 0 unspecified atom stereocenters. The van der Waals surface area contributed by atoms with Gasteiger partial charge in [0.15, 0.2) is 5.60 Å². The van der Waals surface area contributed by atoms with Gasteiger partial charge in [-0.15, -0.1) is 0 Å². The van der Waals surface area contributed by atoms with Crippen molar-refractivity contribution in [2.75, 3.05) is 44.2 Å². The first-order valence-electron chi connectivity index (χ1n) is 11.4. The quantitative estimate of drug-likeness (QED) is 0.648. The topological polar surface area (TPSA) is 70.2 Å². The zero-order valence-corrected chi connectivity index (χ0v) is 19.3. The number of halogens is 1. The molecule has 2 fully saturated rings. The summed E-state index contributed by atoms with van der Waals surface area (Å²) < 4.78 is 5.76. The first-order valence-corrected chi connectivity index (χ1v) is 11.7. The number of likely N-dealkylation sites (tertiary alicyclic amines) is 1. The molecule has 0 radical (unpaired) electrons. The predicted octanol–water partition coefficient (Wildman–Crippen LogP) is 3.31. The minimum absolute atomic E-state index is 0.165. The maximum atomic E-state index is 13.3. The van der Waals surface area contributed by atoms with E-state index in [4.69, 9.17) is 16.3 Å². The average molecular weight is 468 g/mol. The van der Waals surface area contributed by atoms with Crippen LogP contribution in [0.15, 0.2) is 42.5 Å². The molecule has 3 heterocycles. The third-order valence-electron chi connectivity index (χ3n) is 6.93. The molecule has 8 heteroatoms. The highest BCUT2D eigenvalue weighted by Gasteiger charge is 2.51. The van der Waals surface area contributed by atoms with Crippen molar-refractivity contribution in [3.05, 3.63) is 64.2 Å². The molecule has 0 aromatic heterocycles. The van der Waals surface area contributed by atoms with Crippen molar-refractivity contribution >= 4 is 35.1 Å². The van der Waals surface area contributed by atoms with E-state index in [-0.39, 0.29) is 17.8 Å². The van der Waals surface area contributed by atoms with Crippen LogP contribution in [0.25, 0.3) is 0 Å². The summed E-state index contributed by atoms with van der Waals surface area (Å²) in [4.78, 5) is 43.3. The lowest BCUT2D eigenvalue weighted by molar-refractivity contribution is -0.131. The lowest BCUT2D eigenvalue weighted by atomic mass is 9.91. The maximum Gasteiger partial charge on any atom is 0.339 e. The summed E-state index contributed by atoms with van der Waals surface area (Å²) in [5.41, 5.74) is 2.04. The highest BCUT2D eigenvalue weighted by molar-refractivity contribution is 6.34. The van der Waals surface area contributed by atoms with Crippen LogP contribution in [0.5, 0.6) is 0 Å². The molecule has 2 saturated heterocycles. The number of benzene rings is 2. The van der Waals surface area contributed by atoms with Gasteiger partial charge in [-0.25, -0.2) is 4.79 Å². The number of hydrogen-bond donors (Lipinski definition) is 0. The van der Waals surface area contributed by atoms with E-state index in [0.717, 1.165) is 24.3 Å². The normalized spacial score (nSPS) is 22.0. The molecule has 0 aliphatic carbocycles.